The Labute approximate surface area is 175 Å². The number of amides is 1. The molecule has 1 aromatic heterocycles. The maximum atomic E-state index is 13.8. The van der Waals surface area contributed by atoms with Crippen LogP contribution >= 0.6 is 11.6 Å². The highest BCUT2D eigenvalue weighted by Crippen LogP contribution is 2.46. The number of rotatable bonds is 4. The highest BCUT2D eigenvalue weighted by Gasteiger charge is 2.41. The van der Waals surface area contributed by atoms with Crippen LogP contribution in [0.3, 0.4) is 0 Å². The van der Waals surface area contributed by atoms with Gasteiger partial charge in [-0.05, 0) is 37.8 Å². The third kappa shape index (κ3) is 3.45. The van der Waals surface area contributed by atoms with Gasteiger partial charge < -0.3 is 10.0 Å². The zero-order valence-corrected chi connectivity index (χ0v) is 16.8. The number of ketones is 1. The van der Waals surface area contributed by atoms with Gasteiger partial charge >= 0.3 is 6.18 Å². The molecule has 30 heavy (non-hydrogen) atoms. The van der Waals surface area contributed by atoms with E-state index >= 15 is 0 Å². The standard InChI is InChI=1S/C20H19ClF3N3O3/c1-26-19(30)15(17(25-26)10-5-6-10)18(29)14-11(20(22,23)24)7-8-12(16(14)21)27-9-3-2-4-13(27)28/h7-8,10,30H,2-6,9H2,1H3. The second-order valence-electron chi connectivity index (χ2n) is 7.63. The number of aromatic nitrogens is 2. The van der Waals surface area contributed by atoms with Crippen molar-refractivity contribution in [2.24, 2.45) is 7.05 Å². The molecular formula is C20H19ClF3N3O3. The molecule has 1 aliphatic heterocycles. The lowest BCUT2D eigenvalue weighted by Crippen LogP contribution is -2.35. The summed E-state index contributed by atoms with van der Waals surface area (Å²) in [5.74, 6) is -1.91. The molecule has 1 amide bonds. The molecule has 6 nitrogen and oxygen atoms in total. The van der Waals surface area contributed by atoms with E-state index < -0.39 is 34.0 Å². The van der Waals surface area contributed by atoms with Crippen molar-refractivity contribution < 1.29 is 27.9 Å². The number of aromatic hydroxyl groups is 1. The summed E-state index contributed by atoms with van der Waals surface area (Å²) in [6.07, 6.45) is -1.75. The summed E-state index contributed by atoms with van der Waals surface area (Å²) in [5.41, 5.74) is -1.92. The Balaban J connectivity index is 1.90. The average Bonchev–Trinajstić information content (AvgIpc) is 3.47. The molecule has 10 heteroatoms. The number of piperidine rings is 1. The molecular weight excluding hydrogens is 423 g/mol. The lowest BCUT2D eigenvalue weighted by atomic mass is 9.95. The molecule has 0 spiro atoms. The molecule has 0 radical (unpaired) electrons. The van der Waals surface area contributed by atoms with Crippen LogP contribution in [0.5, 0.6) is 5.88 Å². The van der Waals surface area contributed by atoms with E-state index in [1.165, 1.54) is 11.9 Å². The lowest BCUT2D eigenvalue weighted by Gasteiger charge is -2.29. The topological polar surface area (TPSA) is 75.4 Å². The molecule has 2 aromatic rings. The van der Waals surface area contributed by atoms with Crippen molar-refractivity contribution in [3.63, 3.8) is 0 Å². The molecule has 1 aliphatic carbocycles. The van der Waals surface area contributed by atoms with E-state index in [4.69, 9.17) is 11.6 Å². The number of hydrogen-bond acceptors (Lipinski definition) is 4. The largest absolute Gasteiger partial charge is 0.493 e. The predicted molar refractivity (Wildman–Crippen MR) is 103 cm³/mol. The van der Waals surface area contributed by atoms with E-state index in [1.807, 2.05) is 0 Å². The Morgan fingerprint density at radius 1 is 1.23 bits per heavy atom. The van der Waals surface area contributed by atoms with Gasteiger partial charge in [-0.1, -0.05) is 11.6 Å². The molecule has 1 aromatic carbocycles. The Kier molecular flexibility index (Phi) is 5.04. The summed E-state index contributed by atoms with van der Waals surface area (Å²) >= 11 is 6.35. The van der Waals surface area contributed by atoms with Crippen LogP contribution in [0.15, 0.2) is 12.1 Å². The van der Waals surface area contributed by atoms with Crippen LogP contribution in [0.2, 0.25) is 5.02 Å². The predicted octanol–water partition coefficient (Wildman–Crippen LogP) is 4.42. The number of alkyl halides is 3. The average molecular weight is 442 g/mol. The third-order valence-corrected chi connectivity index (χ3v) is 5.89. The number of carbonyl (C=O) groups excluding carboxylic acids is 2. The van der Waals surface area contributed by atoms with Crippen molar-refractivity contribution in [3.05, 3.63) is 39.5 Å². The third-order valence-electron chi connectivity index (χ3n) is 5.50. The van der Waals surface area contributed by atoms with E-state index in [9.17, 15) is 27.9 Å². The summed E-state index contributed by atoms with van der Waals surface area (Å²) in [7, 11) is 1.41. The first kappa shape index (κ1) is 20.7. The molecule has 2 aliphatic rings. The number of anilines is 1. The van der Waals surface area contributed by atoms with Crippen LogP contribution in [-0.2, 0) is 18.0 Å². The van der Waals surface area contributed by atoms with E-state index in [-0.39, 0.29) is 35.2 Å². The number of halogens is 4. The van der Waals surface area contributed by atoms with Gasteiger partial charge in [0.25, 0.3) is 0 Å². The molecule has 0 atom stereocenters. The fourth-order valence-electron chi connectivity index (χ4n) is 3.81. The van der Waals surface area contributed by atoms with Crippen molar-refractivity contribution in [2.45, 2.75) is 44.2 Å². The van der Waals surface area contributed by atoms with Crippen LogP contribution in [0.25, 0.3) is 0 Å². The number of nitrogens with zero attached hydrogens (tertiary/aromatic N) is 3. The van der Waals surface area contributed by atoms with Crippen molar-refractivity contribution in [2.75, 3.05) is 11.4 Å². The number of carbonyl (C=O) groups is 2. The van der Waals surface area contributed by atoms with E-state index in [2.05, 4.69) is 5.10 Å². The molecule has 2 heterocycles. The highest BCUT2D eigenvalue weighted by atomic mass is 35.5. The van der Waals surface area contributed by atoms with Crippen LogP contribution in [-0.4, -0.2) is 33.1 Å². The summed E-state index contributed by atoms with van der Waals surface area (Å²) in [5, 5.41) is 14.0. The minimum absolute atomic E-state index is 0.0640. The summed E-state index contributed by atoms with van der Waals surface area (Å²) < 4.78 is 42.3. The van der Waals surface area contributed by atoms with Crippen molar-refractivity contribution >= 4 is 29.0 Å². The van der Waals surface area contributed by atoms with Gasteiger partial charge in [-0.15, -0.1) is 0 Å². The van der Waals surface area contributed by atoms with Crippen LogP contribution in [0.1, 0.15) is 65.2 Å². The summed E-state index contributed by atoms with van der Waals surface area (Å²) in [6, 6.07) is 1.89. The van der Waals surface area contributed by atoms with Gasteiger partial charge in [0.2, 0.25) is 17.6 Å². The Morgan fingerprint density at radius 2 is 1.93 bits per heavy atom. The molecule has 1 saturated heterocycles. The molecule has 4 rings (SSSR count). The second-order valence-corrected chi connectivity index (χ2v) is 8.01. The summed E-state index contributed by atoms with van der Waals surface area (Å²) in [6.45, 7) is 0.309. The normalized spacial score (nSPS) is 17.5. The van der Waals surface area contributed by atoms with Crippen molar-refractivity contribution in [1.29, 1.82) is 0 Å². The first-order valence-electron chi connectivity index (χ1n) is 9.62. The van der Waals surface area contributed by atoms with Crippen LogP contribution < -0.4 is 4.90 Å². The SMILES string of the molecule is Cn1nc(C2CC2)c(C(=O)c2c(C(F)(F)F)ccc(N3CCCCC3=O)c2Cl)c1O. The Morgan fingerprint density at radius 3 is 2.53 bits per heavy atom. The minimum atomic E-state index is -4.85. The van der Waals surface area contributed by atoms with Crippen molar-refractivity contribution in [1.82, 2.24) is 9.78 Å². The molecule has 2 fully saturated rings. The van der Waals surface area contributed by atoms with Crippen LogP contribution in [0, 0.1) is 0 Å². The molecule has 1 N–H and O–H groups in total. The van der Waals surface area contributed by atoms with E-state index in [0.717, 1.165) is 29.7 Å². The fraction of sp³-hybridized carbons (Fsp3) is 0.450. The monoisotopic (exact) mass is 441 g/mol. The maximum Gasteiger partial charge on any atom is 0.417 e. The molecule has 1 saturated carbocycles. The first-order chi connectivity index (χ1) is 14.1. The Bertz CT molecular complexity index is 1040. The molecule has 0 bridgehead atoms. The number of aryl methyl sites for hydroxylation is 1. The lowest BCUT2D eigenvalue weighted by molar-refractivity contribution is -0.137. The highest BCUT2D eigenvalue weighted by molar-refractivity contribution is 6.38. The zero-order valence-electron chi connectivity index (χ0n) is 16.1. The quantitative estimate of drug-likeness (QED) is 0.712. The second kappa shape index (κ2) is 7.30. The van der Waals surface area contributed by atoms with E-state index in [1.54, 1.807) is 0 Å². The van der Waals surface area contributed by atoms with Gasteiger partial charge in [0.15, 0.2) is 0 Å². The van der Waals surface area contributed by atoms with Gasteiger partial charge in [-0.25, -0.2) is 4.68 Å². The number of benzene rings is 1. The summed E-state index contributed by atoms with van der Waals surface area (Å²) in [4.78, 5) is 26.9. The minimum Gasteiger partial charge on any atom is -0.493 e. The van der Waals surface area contributed by atoms with Gasteiger partial charge in [0.1, 0.15) is 5.56 Å². The van der Waals surface area contributed by atoms with Gasteiger partial charge in [-0.3, -0.25) is 9.59 Å². The van der Waals surface area contributed by atoms with E-state index in [0.29, 0.717) is 19.4 Å². The number of hydrogen-bond donors (Lipinski definition) is 1. The van der Waals surface area contributed by atoms with Gasteiger partial charge in [0.05, 0.1) is 27.5 Å². The van der Waals surface area contributed by atoms with Gasteiger partial charge in [0, 0.05) is 25.9 Å². The zero-order chi connectivity index (χ0) is 21.8. The maximum absolute atomic E-state index is 13.8. The van der Waals surface area contributed by atoms with Gasteiger partial charge in [-0.2, -0.15) is 18.3 Å². The molecule has 0 unspecified atom stereocenters. The fourth-order valence-corrected chi connectivity index (χ4v) is 4.17. The van der Waals surface area contributed by atoms with Crippen molar-refractivity contribution in [3.8, 4) is 5.88 Å². The smallest absolute Gasteiger partial charge is 0.417 e. The van der Waals surface area contributed by atoms with Crippen LogP contribution in [0.4, 0.5) is 18.9 Å². The Hall–Kier alpha value is -2.55. The molecule has 160 valence electrons. The first-order valence-corrected chi connectivity index (χ1v) is 9.99.